The lowest BCUT2D eigenvalue weighted by molar-refractivity contribution is -0.131. The SMILES string of the molecule is O=C(O)C=CC(=O)Nc1ccccc1SCc1ccccc1Cl. The van der Waals surface area contributed by atoms with Crippen molar-refractivity contribution in [2.45, 2.75) is 10.6 Å². The maximum atomic E-state index is 11.7. The van der Waals surface area contributed by atoms with Crippen LogP contribution in [-0.2, 0) is 15.3 Å². The van der Waals surface area contributed by atoms with Gasteiger partial charge in [0.25, 0.3) is 0 Å². The molecule has 0 spiro atoms. The molecular weight excluding hydrogens is 334 g/mol. The van der Waals surface area contributed by atoms with Crippen molar-refractivity contribution in [3.8, 4) is 0 Å². The minimum Gasteiger partial charge on any atom is -0.478 e. The zero-order valence-electron chi connectivity index (χ0n) is 12.0. The van der Waals surface area contributed by atoms with Crippen LogP contribution in [0.2, 0.25) is 5.02 Å². The lowest BCUT2D eigenvalue weighted by Gasteiger charge is -2.10. The molecule has 2 aromatic carbocycles. The van der Waals surface area contributed by atoms with E-state index >= 15 is 0 Å². The largest absolute Gasteiger partial charge is 0.478 e. The number of aliphatic carboxylic acids is 1. The Morgan fingerprint density at radius 2 is 1.78 bits per heavy atom. The summed E-state index contributed by atoms with van der Waals surface area (Å²) >= 11 is 7.68. The normalized spacial score (nSPS) is 10.7. The van der Waals surface area contributed by atoms with Crippen molar-refractivity contribution in [1.29, 1.82) is 0 Å². The van der Waals surface area contributed by atoms with Crippen molar-refractivity contribution < 1.29 is 14.7 Å². The zero-order valence-corrected chi connectivity index (χ0v) is 13.6. The summed E-state index contributed by atoms with van der Waals surface area (Å²) in [6, 6.07) is 14.9. The summed E-state index contributed by atoms with van der Waals surface area (Å²) in [5.74, 6) is -0.989. The van der Waals surface area contributed by atoms with Crippen LogP contribution in [0.1, 0.15) is 5.56 Å². The predicted octanol–water partition coefficient (Wildman–Crippen LogP) is 4.21. The van der Waals surface area contributed by atoms with E-state index in [0.717, 1.165) is 22.6 Å². The first-order valence-corrected chi connectivity index (χ1v) is 8.10. The third-order valence-electron chi connectivity index (χ3n) is 2.86. The van der Waals surface area contributed by atoms with E-state index in [0.29, 0.717) is 16.5 Å². The summed E-state index contributed by atoms with van der Waals surface area (Å²) in [6.07, 6.45) is 1.78. The van der Waals surface area contributed by atoms with Crippen LogP contribution in [0.5, 0.6) is 0 Å². The number of thioether (sulfide) groups is 1. The summed E-state index contributed by atoms with van der Waals surface area (Å²) < 4.78 is 0. The summed E-state index contributed by atoms with van der Waals surface area (Å²) in [6.45, 7) is 0. The molecular formula is C17H14ClNO3S. The number of hydrogen-bond donors (Lipinski definition) is 2. The Morgan fingerprint density at radius 3 is 2.52 bits per heavy atom. The van der Waals surface area contributed by atoms with Crippen molar-refractivity contribution in [3.63, 3.8) is 0 Å². The first-order chi connectivity index (χ1) is 11.1. The van der Waals surface area contributed by atoms with Crippen molar-refractivity contribution >= 4 is 40.9 Å². The molecule has 2 N–H and O–H groups in total. The van der Waals surface area contributed by atoms with Gasteiger partial charge in [-0.05, 0) is 23.8 Å². The smallest absolute Gasteiger partial charge is 0.328 e. The summed E-state index contributed by atoms with van der Waals surface area (Å²) in [4.78, 5) is 23.0. The number of rotatable bonds is 6. The fourth-order valence-corrected chi connectivity index (χ4v) is 3.08. The van der Waals surface area contributed by atoms with Gasteiger partial charge in [-0.25, -0.2) is 4.79 Å². The molecule has 23 heavy (non-hydrogen) atoms. The van der Waals surface area contributed by atoms with E-state index in [9.17, 15) is 9.59 Å². The maximum absolute atomic E-state index is 11.7. The molecule has 0 radical (unpaired) electrons. The van der Waals surface area contributed by atoms with Gasteiger partial charge in [0, 0.05) is 27.8 Å². The molecule has 0 saturated carbocycles. The topological polar surface area (TPSA) is 66.4 Å². The number of amides is 1. The van der Waals surface area contributed by atoms with E-state index in [1.165, 1.54) is 0 Å². The number of carbonyl (C=O) groups is 2. The third kappa shape index (κ3) is 5.47. The summed E-state index contributed by atoms with van der Waals surface area (Å²) in [5.41, 5.74) is 1.63. The molecule has 0 aliphatic heterocycles. The highest BCUT2D eigenvalue weighted by molar-refractivity contribution is 7.98. The Kier molecular flexibility index (Phi) is 6.26. The molecule has 0 bridgehead atoms. The Hall–Kier alpha value is -2.24. The standard InChI is InChI=1S/C17H14ClNO3S/c18-13-6-2-1-5-12(13)11-23-15-8-4-3-7-14(15)19-16(20)9-10-17(21)22/h1-10H,11H2,(H,19,20)(H,21,22). The summed E-state index contributed by atoms with van der Waals surface area (Å²) in [7, 11) is 0. The second-order valence-corrected chi connectivity index (χ2v) is 5.96. The molecule has 0 saturated heterocycles. The van der Waals surface area contributed by atoms with Gasteiger partial charge < -0.3 is 10.4 Å². The van der Waals surface area contributed by atoms with Gasteiger partial charge >= 0.3 is 5.97 Å². The first kappa shape index (κ1) is 17.1. The van der Waals surface area contributed by atoms with E-state index < -0.39 is 11.9 Å². The maximum Gasteiger partial charge on any atom is 0.328 e. The fourth-order valence-electron chi connectivity index (χ4n) is 1.79. The number of anilines is 1. The lowest BCUT2D eigenvalue weighted by atomic mass is 10.2. The molecule has 0 aliphatic rings. The van der Waals surface area contributed by atoms with Crippen molar-refractivity contribution in [2.75, 3.05) is 5.32 Å². The monoisotopic (exact) mass is 347 g/mol. The molecule has 0 heterocycles. The van der Waals surface area contributed by atoms with Crippen LogP contribution in [0, 0.1) is 0 Å². The number of carboxylic acids is 1. The van der Waals surface area contributed by atoms with Gasteiger partial charge in [0.05, 0.1) is 5.69 Å². The van der Waals surface area contributed by atoms with Gasteiger partial charge in [-0.2, -0.15) is 0 Å². The van der Waals surface area contributed by atoms with Crippen molar-refractivity contribution in [2.24, 2.45) is 0 Å². The number of nitrogens with one attached hydrogen (secondary N) is 1. The van der Waals surface area contributed by atoms with Crippen molar-refractivity contribution in [1.82, 2.24) is 0 Å². The molecule has 1 amide bonds. The van der Waals surface area contributed by atoms with Crippen molar-refractivity contribution in [3.05, 3.63) is 71.3 Å². The van der Waals surface area contributed by atoms with E-state index in [4.69, 9.17) is 16.7 Å². The molecule has 0 atom stereocenters. The van der Waals surface area contributed by atoms with Crippen LogP contribution in [0.25, 0.3) is 0 Å². The Bertz CT molecular complexity index is 746. The first-order valence-electron chi connectivity index (χ1n) is 6.73. The minimum absolute atomic E-state index is 0.488. The number of carboxylic acid groups (broad SMARTS) is 1. The molecule has 0 fully saturated rings. The molecule has 0 aliphatic carbocycles. The lowest BCUT2D eigenvalue weighted by Crippen LogP contribution is -2.09. The highest BCUT2D eigenvalue weighted by atomic mass is 35.5. The number of carbonyl (C=O) groups excluding carboxylic acids is 1. The van der Waals surface area contributed by atoms with Gasteiger partial charge in [0.1, 0.15) is 0 Å². The van der Waals surface area contributed by atoms with Crippen LogP contribution in [0.15, 0.2) is 65.6 Å². The molecule has 2 rings (SSSR count). The number of para-hydroxylation sites is 1. The Balaban J connectivity index is 2.07. The molecule has 0 unspecified atom stereocenters. The van der Waals surface area contributed by atoms with Gasteiger partial charge in [-0.3, -0.25) is 4.79 Å². The molecule has 2 aromatic rings. The minimum atomic E-state index is -1.17. The fraction of sp³-hybridized carbons (Fsp3) is 0.0588. The van der Waals surface area contributed by atoms with Gasteiger partial charge in [0.15, 0.2) is 0 Å². The molecule has 0 aromatic heterocycles. The molecule has 6 heteroatoms. The molecule has 4 nitrogen and oxygen atoms in total. The average molecular weight is 348 g/mol. The van der Waals surface area contributed by atoms with Crippen LogP contribution in [-0.4, -0.2) is 17.0 Å². The van der Waals surface area contributed by atoms with Gasteiger partial charge in [-0.1, -0.05) is 41.9 Å². The number of halogens is 1. The zero-order chi connectivity index (χ0) is 16.7. The van der Waals surface area contributed by atoms with E-state index in [2.05, 4.69) is 5.32 Å². The second kappa shape index (κ2) is 8.41. The van der Waals surface area contributed by atoms with Gasteiger partial charge in [-0.15, -0.1) is 11.8 Å². The quantitative estimate of drug-likeness (QED) is 0.606. The van der Waals surface area contributed by atoms with Gasteiger partial charge in [0.2, 0.25) is 5.91 Å². The summed E-state index contributed by atoms with van der Waals surface area (Å²) in [5, 5.41) is 11.9. The Labute approximate surface area is 143 Å². The van der Waals surface area contributed by atoms with Crippen LogP contribution in [0.4, 0.5) is 5.69 Å². The molecule has 118 valence electrons. The Morgan fingerprint density at radius 1 is 1.09 bits per heavy atom. The third-order valence-corrected chi connectivity index (χ3v) is 4.35. The number of hydrogen-bond acceptors (Lipinski definition) is 3. The highest BCUT2D eigenvalue weighted by Gasteiger charge is 2.07. The highest BCUT2D eigenvalue weighted by Crippen LogP contribution is 2.31. The van der Waals surface area contributed by atoms with Crippen LogP contribution < -0.4 is 5.32 Å². The van der Waals surface area contributed by atoms with Crippen LogP contribution in [0.3, 0.4) is 0 Å². The number of benzene rings is 2. The average Bonchev–Trinajstić information content (AvgIpc) is 2.53. The van der Waals surface area contributed by atoms with E-state index in [-0.39, 0.29) is 0 Å². The predicted molar refractivity (Wildman–Crippen MR) is 92.9 cm³/mol. The van der Waals surface area contributed by atoms with Crippen LogP contribution >= 0.6 is 23.4 Å². The van der Waals surface area contributed by atoms with E-state index in [1.807, 2.05) is 36.4 Å². The second-order valence-electron chi connectivity index (χ2n) is 4.54. The van der Waals surface area contributed by atoms with E-state index in [1.54, 1.807) is 23.9 Å².